The van der Waals surface area contributed by atoms with Gasteiger partial charge in [-0.1, -0.05) is 88.8 Å². The van der Waals surface area contributed by atoms with Crippen molar-refractivity contribution in [1.29, 1.82) is 0 Å². The molecule has 0 radical (unpaired) electrons. The molecule has 0 aliphatic carbocycles. The first-order valence-electron chi connectivity index (χ1n) is 10.4. The highest BCUT2D eigenvalue weighted by Gasteiger charge is 2.17. The lowest BCUT2D eigenvalue weighted by atomic mass is 10.0. The average Bonchev–Trinajstić information content (AvgIpc) is 3.43. The fourth-order valence-corrected chi connectivity index (χ4v) is 5.12. The number of aryl methyl sites for hydroxylation is 2. The highest BCUT2D eigenvalue weighted by molar-refractivity contribution is 7.99. The Kier molecular flexibility index (Phi) is 5.93. The molecular formula is C25H21N5OS2. The van der Waals surface area contributed by atoms with Gasteiger partial charge in [-0.15, -0.1) is 10.2 Å². The third-order valence-electron chi connectivity index (χ3n) is 5.13. The van der Waals surface area contributed by atoms with Gasteiger partial charge in [-0.05, 0) is 31.5 Å². The van der Waals surface area contributed by atoms with E-state index < -0.39 is 0 Å². The number of thioether (sulfide) groups is 1. The van der Waals surface area contributed by atoms with Crippen LogP contribution in [0.2, 0.25) is 0 Å². The van der Waals surface area contributed by atoms with Crippen LogP contribution in [0.3, 0.4) is 0 Å². The number of carbonyl (C=O) groups is 1. The zero-order chi connectivity index (χ0) is 22.8. The van der Waals surface area contributed by atoms with Gasteiger partial charge < -0.3 is 5.32 Å². The van der Waals surface area contributed by atoms with Crippen LogP contribution in [0.4, 0.5) is 5.13 Å². The van der Waals surface area contributed by atoms with Gasteiger partial charge in [0.2, 0.25) is 5.91 Å². The smallest absolute Gasteiger partial charge is 0.236 e. The number of amides is 1. The summed E-state index contributed by atoms with van der Waals surface area (Å²) in [7, 11) is 0. The summed E-state index contributed by atoms with van der Waals surface area (Å²) in [4.78, 5) is 18.5. The number of nitrogens with zero attached hydrogens (tertiary/aromatic N) is 4. The molecule has 2 aromatic carbocycles. The Labute approximate surface area is 199 Å². The second kappa shape index (κ2) is 9.17. The second-order valence-corrected chi connectivity index (χ2v) is 9.62. The second-order valence-electron chi connectivity index (χ2n) is 7.68. The Balaban J connectivity index is 1.38. The largest absolute Gasteiger partial charge is 0.301 e. The maximum absolute atomic E-state index is 12.7. The van der Waals surface area contributed by atoms with Crippen LogP contribution in [0.1, 0.15) is 11.1 Å². The topological polar surface area (TPSA) is 72.2 Å². The molecule has 0 aliphatic heterocycles. The zero-order valence-electron chi connectivity index (χ0n) is 18.1. The molecule has 5 rings (SSSR count). The number of anilines is 1. The molecule has 0 unspecified atom stereocenters. The Morgan fingerprint density at radius 2 is 1.64 bits per heavy atom. The molecule has 1 amide bonds. The van der Waals surface area contributed by atoms with E-state index in [1.807, 2.05) is 28.8 Å². The number of nitrogens with one attached hydrogen (secondary N) is 1. The van der Waals surface area contributed by atoms with Crippen LogP contribution in [-0.2, 0) is 4.79 Å². The maximum Gasteiger partial charge on any atom is 0.236 e. The standard InChI is InChI=1S/C25H21N5OS2/c1-16-6-10-18(11-7-16)22-23(19-12-8-17(2)9-13-19)33-24(27-22)26-21(31)15-32-25-29-28-20-5-3-4-14-30(20)25/h3-14H,15H2,1-2H3,(H,26,27,31). The van der Waals surface area contributed by atoms with Crippen molar-refractivity contribution in [3.05, 3.63) is 84.1 Å². The van der Waals surface area contributed by atoms with Crippen molar-refractivity contribution in [2.45, 2.75) is 19.0 Å². The minimum absolute atomic E-state index is 0.132. The Morgan fingerprint density at radius 3 is 2.36 bits per heavy atom. The van der Waals surface area contributed by atoms with E-state index in [0.717, 1.165) is 27.3 Å². The van der Waals surface area contributed by atoms with Crippen molar-refractivity contribution in [1.82, 2.24) is 19.6 Å². The van der Waals surface area contributed by atoms with Crippen LogP contribution >= 0.6 is 23.1 Å². The SMILES string of the molecule is Cc1ccc(-c2nc(NC(=O)CSc3nnc4ccccn34)sc2-c2ccc(C)cc2)cc1. The van der Waals surface area contributed by atoms with Crippen molar-refractivity contribution < 1.29 is 4.79 Å². The van der Waals surface area contributed by atoms with E-state index in [2.05, 4.69) is 77.9 Å². The van der Waals surface area contributed by atoms with E-state index in [9.17, 15) is 4.79 Å². The predicted molar refractivity (Wildman–Crippen MR) is 135 cm³/mol. The van der Waals surface area contributed by atoms with Crippen LogP contribution in [0, 0.1) is 13.8 Å². The molecule has 8 heteroatoms. The molecule has 0 saturated heterocycles. The molecule has 0 spiro atoms. The number of carbonyl (C=O) groups excluding carboxylic acids is 1. The van der Waals surface area contributed by atoms with Gasteiger partial charge in [0.15, 0.2) is 15.9 Å². The van der Waals surface area contributed by atoms with Crippen molar-refractivity contribution >= 4 is 39.8 Å². The molecule has 164 valence electrons. The number of hydrogen-bond donors (Lipinski definition) is 1. The van der Waals surface area contributed by atoms with Crippen LogP contribution < -0.4 is 5.32 Å². The third kappa shape index (κ3) is 4.67. The maximum atomic E-state index is 12.7. The Hall–Kier alpha value is -3.49. The molecule has 0 atom stereocenters. The molecule has 0 fully saturated rings. The third-order valence-corrected chi connectivity index (χ3v) is 7.09. The predicted octanol–water partition coefficient (Wildman–Crippen LogP) is 5.87. The van der Waals surface area contributed by atoms with Crippen LogP contribution in [0.15, 0.2) is 78.1 Å². The summed E-state index contributed by atoms with van der Waals surface area (Å²) >= 11 is 2.83. The summed E-state index contributed by atoms with van der Waals surface area (Å²) in [6, 6.07) is 22.4. The number of fused-ring (bicyclic) bond motifs is 1. The van der Waals surface area contributed by atoms with Gasteiger partial charge in [-0.3, -0.25) is 9.20 Å². The summed E-state index contributed by atoms with van der Waals surface area (Å²) < 4.78 is 1.87. The molecule has 33 heavy (non-hydrogen) atoms. The highest BCUT2D eigenvalue weighted by Crippen LogP contribution is 2.39. The number of benzene rings is 2. The Bertz CT molecular complexity index is 1360. The van der Waals surface area contributed by atoms with E-state index in [1.54, 1.807) is 0 Å². The lowest BCUT2D eigenvalue weighted by Crippen LogP contribution is -2.14. The van der Waals surface area contributed by atoms with Crippen LogP contribution in [0.25, 0.3) is 27.3 Å². The average molecular weight is 472 g/mol. The van der Waals surface area contributed by atoms with Crippen molar-refractivity contribution in [3.63, 3.8) is 0 Å². The molecule has 0 bridgehead atoms. The monoisotopic (exact) mass is 471 g/mol. The molecule has 0 saturated carbocycles. The molecule has 3 aromatic heterocycles. The van der Waals surface area contributed by atoms with E-state index in [1.165, 1.54) is 34.2 Å². The molecular weight excluding hydrogens is 450 g/mol. The van der Waals surface area contributed by atoms with Gasteiger partial charge >= 0.3 is 0 Å². The number of thiazole rings is 1. The molecule has 1 N–H and O–H groups in total. The number of aromatic nitrogens is 4. The first kappa shape index (κ1) is 21.4. The minimum atomic E-state index is -0.132. The van der Waals surface area contributed by atoms with E-state index in [4.69, 9.17) is 4.98 Å². The van der Waals surface area contributed by atoms with Crippen LogP contribution in [0.5, 0.6) is 0 Å². The van der Waals surface area contributed by atoms with Gasteiger partial charge in [0, 0.05) is 11.8 Å². The van der Waals surface area contributed by atoms with Gasteiger partial charge in [0.1, 0.15) is 0 Å². The van der Waals surface area contributed by atoms with Gasteiger partial charge in [-0.2, -0.15) is 0 Å². The van der Waals surface area contributed by atoms with Crippen molar-refractivity contribution in [2.24, 2.45) is 0 Å². The fraction of sp³-hybridized carbons (Fsp3) is 0.120. The summed E-state index contributed by atoms with van der Waals surface area (Å²) in [6.07, 6.45) is 1.89. The lowest BCUT2D eigenvalue weighted by molar-refractivity contribution is -0.113. The first-order valence-corrected chi connectivity index (χ1v) is 12.2. The summed E-state index contributed by atoms with van der Waals surface area (Å²) in [5.41, 5.74) is 6.13. The van der Waals surface area contributed by atoms with Crippen molar-refractivity contribution in [2.75, 3.05) is 11.1 Å². The molecule has 6 nitrogen and oxygen atoms in total. The van der Waals surface area contributed by atoms with E-state index >= 15 is 0 Å². The van der Waals surface area contributed by atoms with Gasteiger partial charge in [-0.25, -0.2) is 4.98 Å². The molecule has 5 aromatic rings. The normalized spacial score (nSPS) is 11.1. The van der Waals surface area contributed by atoms with E-state index in [-0.39, 0.29) is 11.7 Å². The Morgan fingerprint density at radius 1 is 0.939 bits per heavy atom. The van der Waals surface area contributed by atoms with Gasteiger partial charge in [0.25, 0.3) is 0 Å². The van der Waals surface area contributed by atoms with Crippen molar-refractivity contribution in [3.8, 4) is 21.7 Å². The van der Waals surface area contributed by atoms with Gasteiger partial charge in [0.05, 0.1) is 16.3 Å². The first-order chi connectivity index (χ1) is 16.1. The molecule has 0 aliphatic rings. The summed E-state index contributed by atoms with van der Waals surface area (Å²) in [5, 5.41) is 12.5. The zero-order valence-corrected chi connectivity index (χ0v) is 19.8. The quantitative estimate of drug-likeness (QED) is 0.314. The minimum Gasteiger partial charge on any atom is -0.301 e. The van der Waals surface area contributed by atoms with Crippen LogP contribution in [-0.4, -0.2) is 31.2 Å². The fourth-order valence-electron chi connectivity index (χ4n) is 3.38. The number of pyridine rings is 1. The molecule has 3 heterocycles. The number of hydrogen-bond acceptors (Lipinski definition) is 6. The number of rotatable bonds is 6. The van der Waals surface area contributed by atoms with E-state index in [0.29, 0.717) is 10.3 Å². The lowest BCUT2D eigenvalue weighted by Gasteiger charge is -2.04. The highest BCUT2D eigenvalue weighted by atomic mass is 32.2. The summed E-state index contributed by atoms with van der Waals surface area (Å²) in [6.45, 7) is 4.13. The summed E-state index contributed by atoms with van der Waals surface area (Å²) in [5.74, 6) is 0.0852.